The van der Waals surface area contributed by atoms with Gasteiger partial charge in [-0.1, -0.05) is 38.1 Å². The van der Waals surface area contributed by atoms with E-state index in [2.05, 4.69) is 53.0 Å². The highest BCUT2D eigenvalue weighted by Crippen LogP contribution is 2.26. The summed E-state index contributed by atoms with van der Waals surface area (Å²) < 4.78 is 13.7. The number of benzene rings is 2. The molecule has 0 N–H and O–H groups in total. The van der Waals surface area contributed by atoms with Crippen LogP contribution in [0.3, 0.4) is 0 Å². The van der Waals surface area contributed by atoms with Crippen molar-refractivity contribution in [3.8, 4) is 0 Å². The standard InChI is InChI=1S/C17H17BrFN/c1-3-13-6-5-7-14(4-2)17(13)20-11-12-8-9-16(19)15(18)10-12/h5-11H,3-4H2,1-2H3. The molecule has 0 aliphatic carbocycles. The van der Waals surface area contributed by atoms with Gasteiger partial charge in [-0.15, -0.1) is 0 Å². The number of aryl methyl sites for hydroxylation is 2. The molecule has 0 bridgehead atoms. The van der Waals surface area contributed by atoms with Gasteiger partial charge in [-0.3, -0.25) is 4.99 Å². The van der Waals surface area contributed by atoms with E-state index >= 15 is 0 Å². The zero-order chi connectivity index (χ0) is 14.5. The third-order valence-electron chi connectivity index (χ3n) is 3.25. The SMILES string of the molecule is CCc1cccc(CC)c1N=Cc1ccc(F)c(Br)c1. The van der Waals surface area contributed by atoms with Crippen molar-refractivity contribution in [2.45, 2.75) is 26.7 Å². The Kier molecular flexibility index (Phi) is 5.07. The van der Waals surface area contributed by atoms with Crippen molar-refractivity contribution in [3.05, 3.63) is 63.4 Å². The Labute approximate surface area is 127 Å². The Balaban J connectivity index is 2.37. The van der Waals surface area contributed by atoms with Crippen LogP contribution in [0.15, 0.2) is 45.9 Å². The quantitative estimate of drug-likeness (QED) is 0.658. The molecule has 3 heteroatoms. The second-order valence-electron chi connectivity index (χ2n) is 4.56. The molecule has 20 heavy (non-hydrogen) atoms. The topological polar surface area (TPSA) is 12.4 Å². The van der Waals surface area contributed by atoms with Gasteiger partial charge >= 0.3 is 0 Å². The summed E-state index contributed by atoms with van der Waals surface area (Å²) in [6.45, 7) is 4.25. The van der Waals surface area contributed by atoms with Gasteiger partial charge in [0.25, 0.3) is 0 Å². The van der Waals surface area contributed by atoms with Crippen LogP contribution in [0, 0.1) is 5.82 Å². The van der Waals surface area contributed by atoms with E-state index in [0.717, 1.165) is 24.1 Å². The number of nitrogens with zero attached hydrogens (tertiary/aromatic N) is 1. The lowest BCUT2D eigenvalue weighted by Gasteiger charge is -2.08. The van der Waals surface area contributed by atoms with Gasteiger partial charge in [0, 0.05) is 6.21 Å². The Morgan fingerprint density at radius 1 is 1.10 bits per heavy atom. The molecule has 0 fully saturated rings. The summed E-state index contributed by atoms with van der Waals surface area (Å²) in [5.74, 6) is -0.259. The zero-order valence-corrected chi connectivity index (χ0v) is 13.2. The van der Waals surface area contributed by atoms with Gasteiger partial charge in [0.05, 0.1) is 10.2 Å². The number of hydrogen-bond acceptors (Lipinski definition) is 1. The number of rotatable bonds is 4. The van der Waals surface area contributed by atoms with Gasteiger partial charge in [0.1, 0.15) is 5.82 Å². The average Bonchev–Trinajstić information content (AvgIpc) is 2.48. The molecule has 2 aromatic carbocycles. The summed E-state index contributed by atoms with van der Waals surface area (Å²) in [5.41, 5.74) is 4.40. The van der Waals surface area contributed by atoms with E-state index in [1.54, 1.807) is 18.3 Å². The summed E-state index contributed by atoms with van der Waals surface area (Å²) in [6, 6.07) is 11.2. The molecule has 1 nitrogen and oxygen atoms in total. The minimum atomic E-state index is -0.259. The van der Waals surface area contributed by atoms with Crippen LogP contribution in [0.2, 0.25) is 0 Å². The van der Waals surface area contributed by atoms with Crippen molar-refractivity contribution in [2.24, 2.45) is 4.99 Å². The van der Waals surface area contributed by atoms with Gasteiger partial charge in [-0.25, -0.2) is 4.39 Å². The largest absolute Gasteiger partial charge is 0.256 e. The van der Waals surface area contributed by atoms with E-state index in [0.29, 0.717) is 4.47 Å². The lowest BCUT2D eigenvalue weighted by atomic mass is 10.0. The lowest BCUT2D eigenvalue weighted by molar-refractivity contribution is 0.621. The minimum Gasteiger partial charge on any atom is -0.256 e. The number of aliphatic imine (C=N–C) groups is 1. The third kappa shape index (κ3) is 3.34. The predicted octanol–water partition coefficient (Wildman–Crippen LogP) is 5.46. The molecule has 0 atom stereocenters. The zero-order valence-electron chi connectivity index (χ0n) is 11.7. The van der Waals surface area contributed by atoms with E-state index in [1.807, 2.05) is 0 Å². The number of hydrogen-bond donors (Lipinski definition) is 0. The van der Waals surface area contributed by atoms with E-state index in [1.165, 1.54) is 17.2 Å². The second-order valence-corrected chi connectivity index (χ2v) is 5.42. The number of para-hydroxylation sites is 1. The van der Waals surface area contributed by atoms with Crippen molar-refractivity contribution in [1.29, 1.82) is 0 Å². The monoisotopic (exact) mass is 333 g/mol. The Morgan fingerprint density at radius 2 is 1.75 bits per heavy atom. The van der Waals surface area contributed by atoms with E-state index < -0.39 is 0 Å². The van der Waals surface area contributed by atoms with Gasteiger partial charge in [-0.2, -0.15) is 0 Å². The van der Waals surface area contributed by atoms with Crippen molar-refractivity contribution < 1.29 is 4.39 Å². The Hall–Kier alpha value is -1.48. The first-order valence-corrected chi connectivity index (χ1v) is 7.54. The highest BCUT2D eigenvalue weighted by molar-refractivity contribution is 9.10. The molecule has 0 aliphatic heterocycles. The molecule has 0 aliphatic rings. The van der Waals surface area contributed by atoms with Crippen LogP contribution in [0.1, 0.15) is 30.5 Å². The molecule has 0 amide bonds. The fraction of sp³-hybridized carbons (Fsp3) is 0.235. The molecule has 0 saturated heterocycles. The van der Waals surface area contributed by atoms with Crippen LogP contribution in [0.4, 0.5) is 10.1 Å². The normalized spacial score (nSPS) is 11.2. The van der Waals surface area contributed by atoms with Crippen LogP contribution in [-0.4, -0.2) is 6.21 Å². The Morgan fingerprint density at radius 3 is 2.30 bits per heavy atom. The highest BCUT2D eigenvalue weighted by atomic mass is 79.9. The molecular weight excluding hydrogens is 317 g/mol. The highest BCUT2D eigenvalue weighted by Gasteiger charge is 2.04. The van der Waals surface area contributed by atoms with Gasteiger partial charge < -0.3 is 0 Å². The van der Waals surface area contributed by atoms with Crippen LogP contribution < -0.4 is 0 Å². The summed E-state index contributed by atoms with van der Waals surface area (Å²) in [5, 5.41) is 0. The van der Waals surface area contributed by atoms with E-state index in [4.69, 9.17) is 0 Å². The predicted molar refractivity (Wildman–Crippen MR) is 86.6 cm³/mol. The van der Waals surface area contributed by atoms with E-state index in [9.17, 15) is 4.39 Å². The molecule has 104 valence electrons. The van der Waals surface area contributed by atoms with Gasteiger partial charge in [0.2, 0.25) is 0 Å². The van der Waals surface area contributed by atoms with Crippen molar-refractivity contribution in [1.82, 2.24) is 0 Å². The molecule has 2 aromatic rings. The summed E-state index contributed by atoms with van der Waals surface area (Å²) >= 11 is 3.19. The fourth-order valence-corrected chi connectivity index (χ4v) is 2.51. The number of halogens is 2. The molecule has 0 saturated carbocycles. The van der Waals surface area contributed by atoms with Crippen LogP contribution >= 0.6 is 15.9 Å². The van der Waals surface area contributed by atoms with Crippen LogP contribution in [-0.2, 0) is 12.8 Å². The van der Waals surface area contributed by atoms with Crippen molar-refractivity contribution in [2.75, 3.05) is 0 Å². The maximum absolute atomic E-state index is 13.2. The second kappa shape index (κ2) is 6.80. The third-order valence-corrected chi connectivity index (χ3v) is 3.86. The molecule has 0 heterocycles. The minimum absolute atomic E-state index is 0.259. The molecule has 0 radical (unpaired) electrons. The molecule has 0 spiro atoms. The molecule has 0 aromatic heterocycles. The first-order chi connectivity index (χ1) is 9.65. The fourth-order valence-electron chi connectivity index (χ4n) is 2.11. The van der Waals surface area contributed by atoms with Crippen LogP contribution in [0.25, 0.3) is 0 Å². The van der Waals surface area contributed by atoms with Gasteiger partial charge in [-0.05, 0) is 57.6 Å². The molecular formula is C17H17BrFN. The maximum atomic E-state index is 13.2. The summed E-state index contributed by atoms with van der Waals surface area (Å²) in [4.78, 5) is 4.62. The summed E-state index contributed by atoms with van der Waals surface area (Å²) in [7, 11) is 0. The van der Waals surface area contributed by atoms with Crippen LogP contribution in [0.5, 0.6) is 0 Å². The first kappa shape index (κ1) is 14.9. The lowest BCUT2D eigenvalue weighted by Crippen LogP contribution is -1.90. The van der Waals surface area contributed by atoms with Crippen molar-refractivity contribution >= 4 is 27.8 Å². The maximum Gasteiger partial charge on any atom is 0.137 e. The van der Waals surface area contributed by atoms with Crippen molar-refractivity contribution in [3.63, 3.8) is 0 Å². The first-order valence-electron chi connectivity index (χ1n) is 6.75. The average molecular weight is 334 g/mol. The van der Waals surface area contributed by atoms with E-state index in [-0.39, 0.29) is 5.82 Å². The summed E-state index contributed by atoms with van der Waals surface area (Å²) in [6.07, 6.45) is 3.69. The molecule has 2 rings (SSSR count). The molecule has 0 unspecified atom stereocenters. The smallest absolute Gasteiger partial charge is 0.137 e. The Bertz CT molecular complexity index is 613. The van der Waals surface area contributed by atoms with Gasteiger partial charge in [0.15, 0.2) is 0 Å².